The van der Waals surface area contributed by atoms with Crippen LogP contribution in [0.4, 0.5) is 13.6 Å². The zero-order chi connectivity index (χ0) is 23.4. The van der Waals surface area contributed by atoms with Crippen molar-refractivity contribution >= 4 is 6.09 Å². The lowest BCUT2D eigenvalue weighted by molar-refractivity contribution is -0.131. The number of halogens is 2. The molecule has 0 N–H and O–H groups in total. The molecule has 33 heavy (non-hydrogen) atoms. The summed E-state index contributed by atoms with van der Waals surface area (Å²) in [6.07, 6.45) is 7.32. The van der Waals surface area contributed by atoms with E-state index in [0.29, 0.717) is 25.6 Å². The van der Waals surface area contributed by atoms with Crippen molar-refractivity contribution in [3.05, 3.63) is 11.6 Å². The number of carbonyl (C=O) groups excluding carboxylic acids is 1. The molecule has 1 saturated carbocycles. The number of alkyl halides is 2. The topological polar surface area (TPSA) is 57.8 Å². The molecule has 4 saturated heterocycles. The summed E-state index contributed by atoms with van der Waals surface area (Å²) >= 11 is 0. The molecule has 0 bridgehead atoms. The number of hydrogen-bond donors (Lipinski definition) is 0. The number of hydrogen-bond acceptors (Lipinski definition) is 5. The van der Waals surface area contributed by atoms with Gasteiger partial charge in [-0.05, 0) is 71.8 Å². The largest absolute Gasteiger partial charge is 0.446 e. The molecule has 6 atom stereocenters. The molecule has 186 valence electrons. The molecule has 0 aromatic carbocycles. The van der Waals surface area contributed by atoms with Crippen LogP contribution in [-0.2, 0) is 14.2 Å². The number of nitrogens with zero attached hydrogens (tertiary/aromatic N) is 2. The fraction of sp³-hybridized carbons (Fsp3) is 0.880. The second kappa shape index (κ2) is 8.45. The minimum Gasteiger partial charge on any atom is -0.446 e. The summed E-state index contributed by atoms with van der Waals surface area (Å²) in [5.41, 5.74) is 0.997. The third kappa shape index (κ3) is 4.94. The molecule has 0 aromatic heterocycles. The molecule has 0 radical (unpaired) electrons. The highest BCUT2D eigenvalue weighted by molar-refractivity contribution is 5.68. The van der Waals surface area contributed by atoms with Crippen LogP contribution in [-0.4, -0.2) is 84.6 Å². The first-order valence-corrected chi connectivity index (χ1v) is 12.6. The summed E-state index contributed by atoms with van der Waals surface area (Å²) in [5.74, 6) is -1.90. The Morgan fingerprint density at radius 2 is 2.00 bits per heavy atom. The molecule has 8 heteroatoms. The lowest BCUT2D eigenvalue weighted by Gasteiger charge is -2.39. The Balaban J connectivity index is 1.09. The second-order valence-corrected chi connectivity index (χ2v) is 11.4. The van der Waals surface area contributed by atoms with Crippen LogP contribution in [0.5, 0.6) is 0 Å². The van der Waals surface area contributed by atoms with E-state index < -0.39 is 5.92 Å². The first-order chi connectivity index (χ1) is 15.6. The highest BCUT2D eigenvalue weighted by atomic mass is 19.3. The fourth-order valence-corrected chi connectivity index (χ4v) is 6.26. The number of epoxide rings is 2. The lowest BCUT2D eigenvalue weighted by Crippen LogP contribution is -2.56. The molecular formula is C25H38F2N2O4. The number of rotatable bonds is 7. The van der Waals surface area contributed by atoms with Crippen LogP contribution < -0.4 is 0 Å². The summed E-state index contributed by atoms with van der Waals surface area (Å²) in [6, 6.07) is 0. The van der Waals surface area contributed by atoms with Gasteiger partial charge in [0.1, 0.15) is 6.10 Å². The molecule has 5 aliphatic rings. The van der Waals surface area contributed by atoms with Gasteiger partial charge in [-0.3, -0.25) is 4.90 Å². The Labute approximate surface area is 195 Å². The zero-order valence-corrected chi connectivity index (χ0v) is 20.2. The van der Waals surface area contributed by atoms with Crippen LogP contribution >= 0.6 is 0 Å². The van der Waals surface area contributed by atoms with Crippen molar-refractivity contribution in [2.45, 2.75) is 88.6 Å². The van der Waals surface area contributed by atoms with E-state index in [9.17, 15) is 13.6 Å². The maximum atomic E-state index is 13.0. The van der Waals surface area contributed by atoms with E-state index in [1.54, 1.807) is 9.80 Å². The van der Waals surface area contributed by atoms with Gasteiger partial charge in [0.05, 0.1) is 37.0 Å². The van der Waals surface area contributed by atoms with Crippen molar-refractivity contribution in [2.75, 3.05) is 39.3 Å². The van der Waals surface area contributed by atoms with Gasteiger partial charge in [0.25, 0.3) is 5.92 Å². The van der Waals surface area contributed by atoms with Crippen LogP contribution in [0.1, 0.15) is 59.3 Å². The first-order valence-electron chi connectivity index (χ1n) is 12.6. The highest BCUT2D eigenvalue weighted by Crippen LogP contribution is 2.59. The van der Waals surface area contributed by atoms with E-state index in [0.717, 1.165) is 45.1 Å². The third-order valence-electron chi connectivity index (χ3n) is 8.52. The molecule has 4 heterocycles. The molecule has 0 aromatic rings. The lowest BCUT2D eigenvalue weighted by atomic mass is 9.70. The molecule has 5 rings (SSSR count). The van der Waals surface area contributed by atoms with Crippen molar-refractivity contribution < 1.29 is 27.8 Å². The van der Waals surface area contributed by atoms with Crippen molar-refractivity contribution in [3.8, 4) is 0 Å². The third-order valence-corrected chi connectivity index (χ3v) is 8.52. The smallest absolute Gasteiger partial charge is 0.410 e. The predicted molar refractivity (Wildman–Crippen MR) is 119 cm³/mol. The van der Waals surface area contributed by atoms with Crippen LogP contribution in [0.25, 0.3) is 0 Å². The van der Waals surface area contributed by atoms with Gasteiger partial charge in [0.2, 0.25) is 0 Å². The Bertz CT molecular complexity index is 789. The maximum absolute atomic E-state index is 13.0. The summed E-state index contributed by atoms with van der Waals surface area (Å²) in [7, 11) is 0. The van der Waals surface area contributed by atoms with Gasteiger partial charge in [-0.15, -0.1) is 0 Å². The van der Waals surface area contributed by atoms with Crippen molar-refractivity contribution in [2.24, 2.45) is 11.8 Å². The number of likely N-dealkylation sites (tertiary alicyclic amines) is 2. The fourth-order valence-electron chi connectivity index (χ4n) is 6.26. The van der Waals surface area contributed by atoms with Gasteiger partial charge in [-0.1, -0.05) is 11.6 Å². The highest BCUT2D eigenvalue weighted by Gasteiger charge is 2.68. The summed E-state index contributed by atoms with van der Waals surface area (Å²) in [4.78, 5) is 16.5. The number of ether oxygens (including phenoxy) is 3. The van der Waals surface area contributed by atoms with Crippen LogP contribution in [0.3, 0.4) is 0 Å². The van der Waals surface area contributed by atoms with Crippen LogP contribution in [0.2, 0.25) is 0 Å². The molecule has 1 spiro atoms. The zero-order valence-electron chi connectivity index (χ0n) is 20.2. The summed E-state index contributed by atoms with van der Waals surface area (Å²) < 4.78 is 44.1. The van der Waals surface area contributed by atoms with Gasteiger partial charge < -0.3 is 19.1 Å². The minimum atomic E-state index is -2.51. The van der Waals surface area contributed by atoms with Crippen molar-refractivity contribution in [1.82, 2.24) is 9.80 Å². The molecule has 6 nitrogen and oxygen atoms in total. The van der Waals surface area contributed by atoms with E-state index in [2.05, 4.69) is 26.8 Å². The van der Waals surface area contributed by atoms with Gasteiger partial charge in [0, 0.05) is 19.0 Å². The van der Waals surface area contributed by atoms with E-state index in [4.69, 9.17) is 14.2 Å². The number of allylic oxidation sites excluding steroid dienone is 1. The average molecular weight is 469 g/mol. The monoisotopic (exact) mass is 468 g/mol. The van der Waals surface area contributed by atoms with Crippen LogP contribution in [0.15, 0.2) is 11.6 Å². The second-order valence-electron chi connectivity index (χ2n) is 11.4. The number of amides is 1. The molecule has 1 aliphatic carbocycles. The minimum absolute atomic E-state index is 0.0935. The first kappa shape index (κ1) is 23.5. The van der Waals surface area contributed by atoms with Crippen molar-refractivity contribution in [3.63, 3.8) is 0 Å². The van der Waals surface area contributed by atoms with E-state index in [1.807, 2.05) is 0 Å². The van der Waals surface area contributed by atoms with Crippen LogP contribution in [0, 0.1) is 11.8 Å². The Kier molecular flexibility index (Phi) is 6.02. The summed E-state index contributed by atoms with van der Waals surface area (Å²) in [6.45, 7) is 8.96. The van der Waals surface area contributed by atoms with Gasteiger partial charge in [-0.2, -0.15) is 0 Å². The Morgan fingerprint density at radius 1 is 1.24 bits per heavy atom. The number of carbonyl (C=O) groups is 1. The molecule has 1 amide bonds. The van der Waals surface area contributed by atoms with Gasteiger partial charge >= 0.3 is 6.09 Å². The molecule has 4 unspecified atom stereocenters. The summed E-state index contributed by atoms with van der Waals surface area (Å²) in [5, 5.41) is 0. The van der Waals surface area contributed by atoms with Gasteiger partial charge in [-0.25, -0.2) is 13.6 Å². The molecule has 4 aliphatic heterocycles. The van der Waals surface area contributed by atoms with E-state index in [-0.39, 0.29) is 48.5 Å². The Morgan fingerprint density at radius 3 is 2.67 bits per heavy atom. The molecule has 5 fully saturated rings. The SMILES string of the molecule is CC(C)=CC[C@H]1O[C@]1(C)C1CC(OC(=O)N2CCC(CCN3CC(F)(F)C3)C2)CCC12CO2. The van der Waals surface area contributed by atoms with E-state index >= 15 is 0 Å². The quantitative estimate of drug-likeness (QED) is 0.413. The van der Waals surface area contributed by atoms with Crippen molar-refractivity contribution in [1.29, 1.82) is 0 Å². The maximum Gasteiger partial charge on any atom is 0.410 e. The standard InChI is InChI=1S/C25H38F2N2O4/c1-17(2)4-5-21-23(3,33-21)20-12-19(6-9-24(20)16-31-24)32-22(30)29-11-8-18(13-29)7-10-28-14-25(26,27)15-28/h4,18-21H,5-16H2,1-3H3/t18?,19?,20?,21-,23-,24?/m1/s1. The average Bonchev–Trinajstić information content (AvgIpc) is 3.59. The Hall–Kier alpha value is -1.25. The molecular weight excluding hydrogens is 430 g/mol. The predicted octanol–water partition coefficient (Wildman–Crippen LogP) is 4.24. The van der Waals surface area contributed by atoms with E-state index in [1.165, 1.54) is 5.57 Å². The normalized spacial score (nSPS) is 41.5. The van der Waals surface area contributed by atoms with Gasteiger partial charge in [0.15, 0.2) is 0 Å².